The van der Waals surface area contributed by atoms with Crippen LogP contribution < -0.4 is 21.3 Å². The Morgan fingerprint density at radius 2 is 0.611 bits per heavy atom. The van der Waals surface area contributed by atoms with Gasteiger partial charge in [0.25, 0.3) is 0 Å². The first-order chi connectivity index (χ1) is 26.0. The Balaban J connectivity index is 1.70. The molecule has 0 atom stereocenters. The number of pyridine rings is 4. The molecule has 0 fully saturated rings. The van der Waals surface area contributed by atoms with Crippen molar-refractivity contribution in [3.05, 3.63) is 119 Å². The van der Waals surface area contributed by atoms with Crippen LogP contribution in [-0.2, 0) is 19.2 Å². The molecule has 0 aliphatic heterocycles. The van der Waals surface area contributed by atoms with E-state index in [9.17, 15) is 19.2 Å². The SMILES string of the molecule is CC(=O)Nc1cnccc1C=Cc1nc(C=Cc2ccncc2NC(C)=O)c(C=Cc2ccncc2NC(C)=O)nc1C=Cc1ccncc1NC(C)=O. The standard InChI is InChI=1S/C40H36N10O4/c1-25(51)45-37-21-41-17-13-29(37)5-9-33-34(10-6-30-14-18-42-22-38(30)46-26(2)52)50-36(12-8-32-16-20-44-24-40(32)48-28(4)54)35(49-33)11-7-31-15-19-43-23-39(31)47-27(3)53/h5-24H,1-4H3,(H,45,51)(H,46,52)(H,47,53)(H,48,54). The van der Waals surface area contributed by atoms with Crippen LogP contribution >= 0.6 is 0 Å². The van der Waals surface area contributed by atoms with Crippen LogP contribution in [0.1, 0.15) is 72.7 Å². The van der Waals surface area contributed by atoms with Crippen molar-refractivity contribution in [3.8, 4) is 0 Å². The summed E-state index contributed by atoms with van der Waals surface area (Å²) < 4.78 is 0. The maximum absolute atomic E-state index is 11.9. The van der Waals surface area contributed by atoms with Gasteiger partial charge < -0.3 is 21.3 Å². The lowest BCUT2D eigenvalue weighted by Gasteiger charge is -2.10. The number of aromatic nitrogens is 6. The average molecular weight is 721 g/mol. The molecule has 270 valence electrons. The molecule has 0 unspecified atom stereocenters. The first-order valence-corrected chi connectivity index (χ1v) is 16.6. The third-order valence-corrected chi connectivity index (χ3v) is 7.35. The number of nitrogens with one attached hydrogen (secondary N) is 4. The molecule has 5 rings (SSSR count). The van der Waals surface area contributed by atoms with Crippen molar-refractivity contribution in [3.63, 3.8) is 0 Å². The summed E-state index contributed by atoms with van der Waals surface area (Å²) in [5, 5.41) is 11.2. The van der Waals surface area contributed by atoms with Crippen LogP contribution in [0.3, 0.4) is 0 Å². The Labute approximate surface area is 311 Å². The highest BCUT2D eigenvalue weighted by molar-refractivity contribution is 5.95. The van der Waals surface area contributed by atoms with Gasteiger partial charge in [-0.1, -0.05) is 24.3 Å². The van der Waals surface area contributed by atoms with E-state index in [4.69, 9.17) is 9.97 Å². The van der Waals surface area contributed by atoms with Crippen molar-refractivity contribution in [2.24, 2.45) is 0 Å². The summed E-state index contributed by atoms with van der Waals surface area (Å²) in [4.78, 5) is 74.3. The Bertz CT molecular complexity index is 2010. The van der Waals surface area contributed by atoms with E-state index < -0.39 is 0 Å². The summed E-state index contributed by atoms with van der Waals surface area (Å²) in [6.45, 7) is 5.66. The van der Waals surface area contributed by atoms with Crippen LogP contribution in [0.2, 0.25) is 0 Å². The fourth-order valence-electron chi connectivity index (χ4n) is 5.03. The van der Waals surface area contributed by atoms with E-state index in [1.165, 1.54) is 27.7 Å². The Morgan fingerprint density at radius 1 is 0.389 bits per heavy atom. The summed E-state index contributed by atoms with van der Waals surface area (Å²) >= 11 is 0. The summed E-state index contributed by atoms with van der Waals surface area (Å²) in [5.74, 6) is -0.991. The second-order valence-electron chi connectivity index (χ2n) is 11.7. The zero-order valence-corrected chi connectivity index (χ0v) is 29.9. The molecule has 0 saturated heterocycles. The number of nitrogens with zero attached hydrogens (tertiary/aromatic N) is 6. The van der Waals surface area contributed by atoms with Crippen LogP contribution in [0.4, 0.5) is 22.7 Å². The Kier molecular flexibility index (Phi) is 12.7. The van der Waals surface area contributed by atoms with E-state index in [0.29, 0.717) is 67.8 Å². The molecule has 14 heteroatoms. The fraction of sp³-hybridized carbons (Fsp3) is 0.100. The zero-order chi connectivity index (χ0) is 38.5. The molecule has 0 aliphatic rings. The quantitative estimate of drug-likeness (QED) is 0.109. The number of rotatable bonds is 12. The van der Waals surface area contributed by atoms with E-state index in [-0.39, 0.29) is 23.6 Å². The normalized spacial score (nSPS) is 11.3. The third-order valence-electron chi connectivity index (χ3n) is 7.35. The first-order valence-electron chi connectivity index (χ1n) is 16.6. The molecule has 54 heavy (non-hydrogen) atoms. The van der Waals surface area contributed by atoms with Gasteiger partial charge in [-0.05, 0) is 48.6 Å². The van der Waals surface area contributed by atoms with E-state index >= 15 is 0 Å². The molecular weight excluding hydrogens is 685 g/mol. The molecule has 0 bridgehead atoms. The van der Waals surface area contributed by atoms with Gasteiger partial charge >= 0.3 is 0 Å². The molecule has 4 amide bonds. The monoisotopic (exact) mass is 720 g/mol. The molecular formula is C40H36N10O4. The maximum Gasteiger partial charge on any atom is 0.221 e. The van der Waals surface area contributed by atoms with Gasteiger partial charge in [-0.15, -0.1) is 0 Å². The van der Waals surface area contributed by atoms with Crippen LogP contribution in [-0.4, -0.2) is 53.5 Å². The average Bonchev–Trinajstić information content (AvgIpc) is 3.13. The molecule has 0 radical (unpaired) electrons. The summed E-state index contributed by atoms with van der Waals surface area (Å²) in [7, 11) is 0. The molecule has 0 saturated carbocycles. The second-order valence-corrected chi connectivity index (χ2v) is 11.7. The summed E-state index contributed by atoms with van der Waals surface area (Å²) in [5.41, 5.74) is 6.62. The van der Waals surface area contributed by atoms with Crippen molar-refractivity contribution in [1.29, 1.82) is 0 Å². The molecule has 0 spiro atoms. The minimum Gasteiger partial charge on any atom is -0.324 e. The van der Waals surface area contributed by atoms with Gasteiger partial charge in [-0.3, -0.25) is 39.1 Å². The lowest BCUT2D eigenvalue weighted by molar-refractivity contribution is -0.115. The van der Waals surface area contributed by atoms with E-state index in [2.05, 4.69) is 41.2 Å². The minimum atomic E-state index is -0.248. The number of anilines is 4. The summed E-state index contributed by atoms with van der Waals surface area (Å²) in [6, 6.07) is 7.03. The maximum atomic E-state index is 11.9. The molecule has 5 aromatic rings. The van der Waals surface area contributed by atoms with Crippen LogP contribution in [0.15, 0.2) is 73.8 Å². The van der Waals surface area contributed by atoms with Crippen LogP contribution in [0, 0.1) is 0 Å². The highest BCUT2D eigenvalue weighted by Crippen LogP contribution is 2.25. The van der Waals surface area contributed by atoms with E-state index in [1.54, 1.807) is 122 Å². The minimum absolute atomic E-state index is 0.248. The van der Waals surface area contributed by atoms with Crippen molar-refractivity contribution in [2.45, 2.75) is 27.7 Å². The van der Waals surface area contributed by atoms with E-state index in [0.717, 1.165) is 0 Å². The van der Waals surface area contributed by atoms with Crippen molar-refractivity contribution >= 4 is 95.0 Å². The first kappa shape index (κ1) is 37.8. The van der Waals surface area contributed by atoms with Crippen molar-refractivity contribution in [1.82, 2.24) is 29.9 Å². The highest BCUT2D eigenvalue weighted by Gasteiger charge is 2.11. The Hall–Kier alpha value is -7.48. The van der Waals surface area contributed by atoms with Crippen LogP contribution in [0.25, 0.3) is 48.6 Å². The van der Waals surface area contributed by atoms with Gasteiger partial charge in [-0.25, -0.2) is 9.97 Å². The fourth-order valence-corrected chi connectivity index (χ4v) is 5.03. The van der Waals surface area contributed by atoms with Gasteiger partial charge in [0.2, 0.25) is 23.6 Å². The van der Waals surface area contributed by atoms with Gasteiger partial charge in [-0.2, -0.15) is 0 Å². The van der Waals surface area contributed by atoms with Gasteiger partial charge in [0, 0.05) is 74.7 Å². The zero-order valence-electron chi connectivity index (χ0n) is 29.9. The lowest BCUT2D eigenvalue weighted by Crippen LogP contribution is -2.07. The van der Waals surface area contributed by atoms with Gasteiger partial charge in [0.1, 0.15) is 0 Å². The second kappa shape index (κ2) is 18.1. The van der Waals surface area contributed by atoms with Gasteiger partial charge in [0.15, 0.2) is 0 Å². The molecule has 4 N–H and O–H groups in total. The third kappa shape index (κ3) is 10.8. The van der Waals surface area contributed by atoms with Crippen molar-refractivity contribution in [2.75, 3.05) is 21.3 Å². The predicted octanol–water partition coefficient (Wildman–Crippen LogP) is 6.57. The summed E-state index contributed by atoms with van der Waals surface area (Å²) in [6.07, 6.45) is 26.9. The van der Waals surface area contributed by atoms with Crippen molar-refractivity contribution < 1.29 is 19.2 Å². The number of carbonyl (C=O) groups excluding carboxylic acids is 4. The number of hydrogen-bond acceptors (Lipinski definition) is 10. The molecule has 5 aromatic heterocycles. The highest BCUT2D eigenvalue weighted by atomic mass is 16.2. The lowest BCUT2D eigenvalue weighted by atomic mass is 10.1. The number of hydrogen-bond donors (Lipinski definition) is 4. The van der Waals surface area contributed by atoms with Crippen LogP contribution in [0.5, 0.6) is 0 Å². The topological polar surface area (TPSA) is 194 Å². The predicted molar refractivity (Wildman–Crippen MR) is 212 cm³/mol. The number of amides is 4. The van der Waals surface area contributed by atoms with Gasteiger partial charge in [0.05, 0.1) is 70.3 Å². The number of carbonyl (C=O) groups is 4. The molecule has 14 nitrogen and oxygen atoms in total. The van der Waals surface area contributed by atoms with E-state index in [1.807, 2.05) is 0 Å². The Morgan fingerprint density at radius 3 is 0.815 bits per heavy atom. The smallest absolute Gasteiger partial charge is 0.221 e. The largest absolute Gasteiger partial charge is 0.324 e. The molecule has 0 aliphatic carbocycles. The molecule has 0 aromatic carbocycles. The molecule has 5 heterocycles.